The third-order valence-corrected chi connectivity index (χ3v) is 4.82. The van der Waals surface area contributed by atoms with E-state index in [-0.39, 0.29) is 11.4 Å². The van der Waals surface area contributed by atoms with Crippen LogP contribution in [0.3, 0.4) is 0 Å². The van der Waals surface area contributed by atoms with Crippen LogP contribution in [0.1, 0.15) is 53.9 Å². The second-order valence-electron chi connectivity index (χ2n) is 7.24. The standard InChI is InChI=1S/C21H28O2/c1-15(8-10-18-16(2)12-14-23-20(18)22)9-11-19-17(3)7-6-13-21(19,4)5/h8-12H,6-7,13-14H2,1-5H3/b11-9+,15-8+,18-10-. The predicted octanol–water partition coefficient (Wildman–Crippen LogP) is 5.45. The van der Waals surface area contributed by atoms with Crippen LogP contribution in [0.2, 0.25) is 0 Å². The van der Waals surface area contributed by atoms with Gasteiger partial charge in [-0.15, -0.1) is 0 Å². The van der Waals surface area contributed by atoms with Crippen molar-refractivity contribution in [3.05, 3.63) is 58.2 Å². The highest BCUT2D eigenvalue weighted by Crippen LogP contribution is 2.40. The molecule has 0 aromatic carbocycles. The van der Waals surface area contributed by atoms with Crippen molar-refractivity contribution in [1.29, 1.82) is 0 Å². The van der Waals surface area contributed by atoms with Gasteiger partial charge < -0.3 is 4.74 Å². The molecule has 2 rings (SSSR count). The van der Waals surface area contributed by atoms with Crippen LogP contribution in [-0.4, -0.2) is 12.6 Å². The van der Waals surface area contributed by atoms with Crippen molar-refractivity contribution in [3.8, 4) is 0 Å². The van der Waals surface area contributed by atoms with E-state index in [1.54, 1.807) is 0 Å². The van der Waals surface area contributed by atoms with Crippen molar-refractivity contribution in [2.24, 2.45) is 5.41 Å². The van der Waals surface area contributed by atoms with E-state index in [4.69, 9.17) is 4.74 Å². The zero-order chi connectivity index (χ0) is 17.0. The number of carbonyl (C=O) groups is 1. The Morgan fingerprint density at radius 1 is 1.30 bits per heavy atom. The smallest absolute Gasteiger partial charge is 0.338 e. The lowest BCUT2D eigenvalue weighted by atomic mass is 9.72. The van der Waals surface area contributed by atoms with Gasteiger partial charge in [0.1, 0.15) is 6.61 Å². The summed E-state index contributed by atoms with van der Waals surface area (Å²) in [7, 11) is 0. The molecule has 124 valence electrons. The Hall–Kier alpha value is -1.83. The summed E-state index contributed by atoms with van der Waals surface area (Å²) in [5.41, 5.74) is 5.98. The van der Waals surface area contributed by atoms with E-state index >= 15 is 0 Å². The molecule has 0 spiro atoms. The molecule has 0 saturated heterocycles. The maximum Gasteiger partial charge on any atom is 0.338 e. The zero-order valence-electron chi connectivity index (χ0n) is 15.0. The van der Waals surface area contributed by atoms with Crippen molar-refractivity contribution in [3.63, 3.8) is 0 Å². The van der Waals surface area contributed by atoms with Gasteiger partial charge in [-0.25, -0.2) is 4.79 Å². The first-order valence-electron chi connectivity index (χ1n) is 8.42. The lowest BCUT2D eigenvalue weighted by Gasteiger charge is -2.32. The van der Waals surface area contributed by atoms with Gasteiger partial charge in [0.2, 0.25) is 0 Å². The van der Waals surface area contributed by atoms with Gasteiger partial charge in [0.15, 0.2) is 0 Å². The Labute approximate surface area is 140 Å². The molecule has 0 N–H and O–H groups in total. The molecule has 0 atom stereocenters. The third-order valence-electron chi connectivity index (χ3n) is 4.82. The molecular formula is C21H28O2. The van der Waals surface area contributed by atoms with E-state index < -0.39 is 0 Å². The molecule has 1 heterocycles. The van der Waals surface area contributed by atoms with Gasteiger partial charge in [0, 0.05) is 0 Å². The number of allylic oxidation sites excluding steroid dienone is 7. The van der Waals surface area contributed by atoms with Crippen LogP contribution >= 0.6 is 0 Å². The minimum atomic E-state index is -0.231. The lowest BCUT2D eigenvalue weighted by Crippen LogP contribution is -2.19. The van der Waals surface area contributed by atoms with Crippen LogP contribution in [0, 0.1) is 5.41 Å². The second kappa shape index (κ2) is 7.16. The van der Waals surface area contributed by atoms with Gasteiger partial charge in [0.05, 0.1) is 5.57 Å². The molecule has 23 heavy (non-hydrogen) atoms. The average molecular weight is 312 g/mol. The number of hydrogen-bond donors (Lipinski definition) is 0. The first-order chi connectivity index (χ1) is 10.8. The van der Waals surface area contributed by atoms with E-state index in [9.17, 15) is 4.79 Å². The predicted molar refractivity (Wildman–Crippen MR) is 96.0 cm³/mol. The number of carbonyl (C=O) groups excluding carboxylic acids is 1. The van der Waals surface area contributed by atoms with E-state index in [1.807, 2.05) is 25.2 Å². The summed E-state index contributed by atoms with van der Waals surface area (Å²) >= 11 is 0. The molecule has 0 aromatic heterocycles. The molecular weight excluding hydrogens is 284 g/mol. The van der Waals surface area contributed by atoms with E-state index in [2.05, 4.69) is 39.8 Å². The van der Waals surface area contributed by atoms with E-state index in [0.29, 0.717) is 12.2 Å². The molecule has 0 aromatic rings. The summed E-state index contributed by atoms with van der Waals surface area (Å²) < 4.78 is 5.05. The van der Waals surface area contributed by atoms with Gasteiger partial charge >= 0.3 is 5.97 Å². The molecule has 0 radical (unpaired) electrons. The van der Waals surface area contributed by atoms with Crippen LogP contribution in [0.25, 0.3) is 0 Å². The van der Waals surface area contributed by atoms with Gasteiger partial charge in [0.25, 0.3) is 0 Å². The highest BCUT2D eigenvalue weighted by Gasteiger charge is 2.26. The van der Waals surface area contributed by atoms with Crippen molar-refractivity contribution >= 4 is 5.97 Å². The highest BCUT2D eigenvalue weighted by molar-refractivity contribution is 5.94. The molecule has 0 saturated carbocycles. The fourth-order valence-electron chi connectivity index (χ4n) is 3.29. The molecule has 0 unspecified atom stereocenters. The zero-order valence-corrected chi connectivity index (χ0v) is 15.0. The topological polar surface area (TPSA) is 26.3 Å². The van der Waals surface area contributed by atoms with Crippen molar-refractivity contribution in [2.75, 3.05) is 6.61 Å². The first-order valence-corrected chi connectivity index (χ1v) is 8.42. The van der Waals surface area contributed by atoms with Gasteiger partial charge in [-0.05, 0) is 68.7 Å². The van der Waals surface area contributed by atoms with Crippen molar-refractivity contribution in [1.82, 2.24) is 0 Å². The van der Waals surface area contributed by atoms with E-state index in [1.165, 1.54) is 30.4 Å². The molecule has 0 amide bonds. The van der Waals surface area contributed by atoms with Crippen LogP contribution in [-0.2, 0) is 9.53 Å². The monoisotopic (exact) mass is 312 g/mol. The summed E-state index contributed by atoms with van der Waals surface area (Å²) in [5.74, 6) is -0.231. The number of rotatable bonds is 3. The minimum absolute atomic E-state index is 0.231. The molecule has 2 nitrogen and oxygen atoms in total. The number of ether oxygens (including phenoxy) is 1. The highest BCUT2D eigenvalue weighted by atomic mass is 16.5. The summed E-state index contributed by atoms with van der Waals surface area (Å²) in [6.45, 7) is 11.3. The second-order valence-corrected chi connectivity index (χ2v) is 7.24. The lowest BCUT2D eigenvalue weighted by molar-refractivity contribution is -0.138. The first kappa shape index (κ1) is 17.5. The average Bonchev–Trinajstić information content (AvgIpc) is 2.45. The van der Waals surface area contributed by atoms with Gasteiger partial charge in [-0.3, -0.25) is 0 Å². The SMILES string of the molecule is CC1=CCOC(=O)\C1=C/C=C(C)/C=C/C1=C(C)CCCC1(C)C. The molecule has 2 heteroatoms. The maximum absolute atomic E-state index is 11.8. The van der Waals surface area contributed by atoms with Crippen LogP contribution < -0.4 is 0 Å². The Morgan fingerprint density at radius 2 is 2.04 bits per heavy atom. The third kappa shape index (κ3) is 4.34. The van der Waals surface area contributed by atoms with Crippen LogP contribution in [0.15, 0.2) is 58.2 Å². The molecule has 1 aliphatic heterocycles. The van der Waals surface area contributed by atoms with Crippen LogP contribution in [0.5, 0.6) is 0 Å². The van der Waals surface area contributed by atoms with Gasteiger partial charge in [-0.1, -0.05) is 43.2 Å². The van der Waals surface area contributed by atoms with E-state index in [0.717, 1.165) is 11.1 Å². The van der Waals surface area contributed by atoms with Crippen molar-refractivity contribution < 1.29 is 9.53 Å². The summed E-state index contributed by atoms with van der Waals surface area (Å²) in [6, 6.07) is 0. The molecule has 0 fully saturated rings. The molecule has 0 bridgehead atoms. The number of hydrogen-bond acceptors (Lipinski definition) is 2. The maximum atomic E-state index is 11.8. The Kier molecular flexibility index (Phi) is 5.46. The number of esters is 1. The van der Waals surface area contributed by atoms with Gasteiger partial charge in [-0.2, -0.15) is 0 Å². The van der Waals surface area contributed by atoms with Crippen molar-refractivity contribution in [2.45, 2.75) is 53.9 Å². The Balaban J connectivity index is 2.18. The molecule has 2 aliphatic rings. The number of cyclic esters (lactones) is 1. The fraction of sp³-hybridized carbons (Fsp3) is 0.476. The summed E-state index contributed by atoms with van der Waals surface area (Å²) in [5, 5.41) is 0. The molecule has 1 aliphatic carbocycles. The Bertz CT molecular complexity index is 637. The largest absolute Gasteiger partial charge is 0.458 e. The van der Waals surface area contributed by atoms with Crippen LogP contribution in [0.4, 0.5) is 0 Å². The quantitative estimate of drug-likeness (QED) is 0.394. The summed E-state index contributed by atoms with van der Waals surface area (Å²) in [6.07, 6.45) is 13.9. The summed E-state index contributed by atoms with van der Waals surface area (Å²) in [4.78, 5) is 11.8. The normalized spacial score (nSPS) is 24.2. The minimum Gasteiger partial charge on any atom is -0.458 e. The Morgan fingerprint density at radius 3 is 2.70 bits per heavy atom. The fourth-order valence-corrected chi connectivity index (χ4v) is 3.29.